The summed E-state index contributed by atoms with van der Waals surface area (Å²) in [5, 5.41) is 2.89. The molecule has 0 aliphatic heterocycles. The van der Waals surface area contributed by atoms with Crippen LogP contribution < -0.4 is 5.32 Å². The van der Waals surface area contributed by atoms with Crippen molar-refractivity contribution >= 4 is 11.7 Å². The van der Waals surface area contributed by atoms with Crippen LogP contribution in [0.15, 0.2) is 28.7 Å². The largest absolute Gasteiger partial charge is 0.446 e. The van der Waals surface area contributed by atoms with Gasteiger partial charge in [-0.2, -0.15) is 0 Å². The number of carbonyl (C=O) groups excluding carboxylic acids is 1. The van der Waals surface area contributed by atoms with Crippen LogP contribution in [0.25, 0.3) is 11.3 Å². The monoisotopic (exact) mass is 287 g/mol. The zero-order valence-corrected chi connectivity index (χ0v) is 12.9. The van der Waals surface area contributed by atoms with Crippen LogP contribution in [0.1, 0.15) is 25.5 Å². The Balaban J connectivity index is 2.12. The van der Waals surface area contributed by atoms with Gasteiger partial charge in [-0.05, 0) is 32.9 Å². The van der Waals surface area contributed by atoms with Crippen LogP contribution in [0.5, 0.6) is 0 Å². The molecule has 0 radical (unpaired) electrons. The maximum absolute atomic E-state index is 12.0. The van der Waals surface area contributed by atoms with Gasteiger partial charge < -0.3 is 14.6 Å². The molecule has 0 aliphatic carbocycles. The fourth-order valence-corrected chi connectivity index (χ4v) is 2.22. The maximum atomic E-state index is 12.0. The van der Waals surface area contributed by atoms with Crippen molar-refractivity contribution in [3.63, 3.8) is 0 Å². The van der Waals surface area contributed by atoms with E-state index in [1.165, 1.54) is 0 Å². The predicted octanol–water partition coefficient (Wildman–Crippen LogP) is 3.83. The second kappa shape index (κ2) is 6.43. The highest BCUT2D eigenvalue weighted by Crippen LogP contribution is 2.24. The van der Waals surface area contributed by atoms with Crippen molar-refractivity contribution in [2.24, 2.45) is 0 Å². The van der Waals surface area contributed by atoms with Gasteiger partial charge in [0.1, 0.15) is 11.5 Å². The molecule has 0 saturated heterocycles. The zero-order chi connectivity index (χ0) is 15.4. The summed E-state index contributed by atoms with van der Waals surface area (Å²) in [6, 6.07) is 7.53. The number of amides is 2. The van der Waals surface area contributed by atoms with Gasteiger partial charge in [-0.1, -0.05) is 12.1 Å². The molecule has 0 saturated carbocycles. The van der Waals surface area contributed by atoms with Gasteiger partial charge in [0.25, 0.3) is 0 Å². The lowest BCUT2D eigenvalue weighted by Gasteiger charge is -2.19. The van der Waals surface area contributed by atoms with Gasteiger partial charge in [-0.15, -0.1) is 0 Å². The molecule has 1 N–H and O–H groups in total. The molecule has 21 heavy (non-hydrogen) atoms. The molecule has 1 aromatic carbocycles. The number of aryl methyl sites for hydroxylation is 2. The number of nitrogens with zero attached hydrogens (tertiary/aromatic N) is 2. The maximum Gasteiger partial charge on any atom is 0.321 e. The van der Waals surface area contributed by atoms with Crippen LogP contribution in [0.2, 0.25) is 0 Å². The molecule has 5 heteroatoms. The lowest BCUT2D eigenvalue weighted by atomic mass is 10.1. The predicted molar refractivity (Wildman–Crippen MR) is 83.4 cm³/mol. The third kappa shape index (κ3) is 3.42. The van der Waals surface area contributed by atoms with E-state index in [4.69, 9.17) is 4.42 Å². The van der Waals surface area contributed by atoms with Crippen molar-refractivity contribution in [3.8, 4) is 11.3 Å². The van der Waals surface area contributed by atoms with Crippen LogP contribution >= 0.6 is 0 Å². The molecular weight excluding hydrogens is 266 g/mol. The molecule has 1 aromatic heterocycles. The fourth-order valence-electron chi connectivity index (χ4n) is 2.22. The molecule has 0 atom stereocenters. The molecule has 2 aromatic rings. The Labute approximate surface area is 125 Å². The van der Waals surface area contributed by atoms with E-state index in [9.17, 15) is 4.79 Å². The second-order valence-electron chi connectivity index (χ2n) is 4.82. The first-order valence-electron chi connectivity index (χ1n) is 7.15. The van der Waals surface area contributed by atoms with Crippen LogP contribution in [0.4, 0.5) is 10.5 Å². The molecule has 0 aliphatic rings. The molecule has 0 spiro atoms. The van der Waals surface area contributed by atoms with Gasteiger partial charge in [0.15, 0.2) is 5.89 Å². The highest BCUT2D eigenvalue weighted by Gasteiger charge is 2.11. The molecule has 0 fully saturated rings. The van der Waals surface area contributed by atoms with Crippen molar-refractivity contribution in [1.29, 1.82) is 0 Å². The summed E-state index contributed by atoms with van der Waals surface area (Å²) in [4.78, 5) is 18.1. The first-order valence-corrected chi connectivity index (χ1v) is 7.15. The second-order valence-corrected chi connectivity index (χ2v) is 4.82. The molecule has 112 valence electrons. The van der Waals surface area contributed by atoms with Crippen LogP contribution in [-0.2, 0) is 0 Å². The summed E-state index contributed by atoms with van der Waals surface area (Å²) in [5.41, 5.74) is 2.59. The fraction of sp³-hybridized carbons (Fsp3) is 0.375. The van der Waals surface area contributed by atoms with Gasteiger partial charge >= 0.3 is 6.03 Å². The van der Waals surface area contributed by atoms with Crippen molar-refractivity contribution in [3.05, 3.63) is 35.9 Å². The summed E-state index contributed by atoms with van der Waals surface area (Å²) in [5.74, 6) is 1.45. The number of carbonyl (C=O) groups is 1. The number of nitrogens with one attached hydrogen (secondary N) is 1. The average molecular weight is 287 g/mol. The van der Waals surface area contributed by atoms with Crippen LogP contribution in [0, 0.1) is 13.8 Å². The quantitative estimate of drug-likeness (QED) is 0.929. The average Bonchev–Trinajstić information content (AvgIpc) is 2.80. The standard InChI is InChI=1S/C16H21N3O2/c1-5-19(6-2)16(20)18-14-9-7-13(8-10-14)15-11(3)21-12(4)17-15/h7-10H,5-6H2,1-4H3,(H,18,20). The number of hydrogen-bond donors (Lipinski definition) is 1. The highest BCUT2D eigenvalue weighted by molar-refractivity contribution is 5.89. The lowest BCUT2D eigenvalue weighted by molar-refractivity contribution is 0.217. The number of oxazole rings is 1. The minimum absolute atomic E-state index is 0.0822. The zero-order valence-electron chi connectivity index (χ0n) is 12.9. The van der Waals surface area contributed by atoms with E-state index in [-0.39, 0.29) is 6.03 Å². The van der Waals surface area contributed by atoms with Gasteiger partial charge in [0.05, 0.1) is 0 Å². The lowest BCUT2D eigenvalue weighted by Crippen LogP contribution is -2.34. The Kier molecular flexibility index (Phi) is 4.62. The first kappa shape index (κ1) is 15.1. The molecule has 5 nitrogen and oxygen atoms in total. The van der Waals surface area contributed by atoms with Gasteiger partial charge in [0.2, 0.25) is 0 Å². The summed E-state index contributed by atoms with van der Waals surface area (Å²) in [6.07, 6.45) is 0. The topological polar surface area (TPSA) is 58.4 Å². The molecule has 0 bridgehead atoms. The Bertz CT molecular complexity index is 613. The van der Waals surface area contributed by atoms with E-state index >= 15 is 0 Å². The molecular formula is C16H21N3O2. The van der Waals surface area contributed by atoms with Crippen LogP contribution in [-0.4, -0.2) is 29.0 Å². The molecule has 2 amide bonds. The van der Waals surface area contributed by atoms with Gasteiger partial charge in [-0.3, -0.25) is 0 Å². The third-order valence-electron chi connectivity index (χ3n) is 3.36. The number of hydrogen-bond acceptors (Lipinski definition) is 3. The van der Waals surface area contributed by atoms with Gasteiger partial charge in [-0.25, -0.2) is 9.78 Å². The first-order chi connectivity index (χ1) is 10.0. The molecule has 1 heterocycles. The van der Waals surface area contributed by atoms with Crippen molar-refractivity contribution < 1.29 is 9.21 Å². The number of anilines is 1. The van der Waals surface area contributed by atoms with E-state index in [1.54, 1.807) is 4.90 Å². The van der Waals surface area contributed by atoms with E-state index in [1.807, 2.05) is 52.0 Å². The van der Waals surface area contributed by atoms with E-state index < -0.39 is 0 Å². The molecule has 2 rings (SSSR count). The van der Waals surface area contributed by atoms with Gasteiger partial charge in [0, 0.05) is 31.3 Å². The Hall–Kier alpha value is -2.30. The van der Waals surface area contributed by atoms with E-state index in [0.29, 0.717) is 19.0 Å². The van der Waals surface area contributed by atoms with E-state index in [2.05, 4.69) is 10.3 Å². The SMILES string of the molecule is CCN(CC)C(=O)Nc1ccc(-c2nc(C)oc2C)cc1. The molecule has 0 unspecified atom stereocenters. The normalized spacial score (nSPS) is 10.5. The number of urea groups is 1. The summed E-state index contributed by atoms with van der Waals surface area (Å²) >= 11 is 0. The van der Waals surface area contributed by atoms with Crippen molar-refractivity contribution in [2.75, 3.05) is 18.4 Å². The number of rotatable bonds is 4. The third-order valence-corrected chi connectivity index (χ3v) is 3.36. The summed E-state index contributed by atoms with van der Waals surface area (Å²) in [7, 11) is 0. The smallest absolute Gasteiger partial charge is 0.321 e. The van der Waals surface area contributed by atoms with Crippen molar-refractivity contribution in [1.82, 2.24) is 9.88 Å². The number of aromatic nitrogens is 1. The van der Waals surface area contributed by atoms with Crippen molar-refractivity contribution in [2.45, 2.75) is 27.7 Å². The Morgan fingerprint density at radius 1 is 1.19 bits per heavy atom. The minimum Gasteiger partial charge on any atom is -0.446 e. The minimum atomic E-state index is -0.0822. The number of benzene rings is 1. The van der Waals surface area contributed by atoms with E-state index in [0.717, 1.165) is 22.7 Å². The summed E-state index contributed by atoms with van der Waals surface area (Å²) < 4.78 is 5.44. The highest BCUT2D eigenvalue weighted by atomic mass is 16.4. The van der Waals surface area contributed by atoms with Crippen LogP contribution in [0.3, 0.4) is 0 Å². The summed E-state index contributed by atoms with van der Waals surface area (Å²) in [6.45, 7) is 9.03. The Morgan fingerprint density at radius 2 is 1.81 bits per heavy atom. The Morgan fingerprint density at radius 3 is 2.29 bits per heavy atom.